The van der Waals surface area contributed by atoms with Crippen LogP contribution in [-0.2, 0) is 10.2 Å². The predicted molar refractivity (Wildman–Crippen MR) is 127 cm³/mol. The number of hydrogen-bond donors (Lipinski definition) is 2. The van der Waals surface area contributed by atoms with E-state index in [0.717, 1.165) is 24.2 Å². The Balaban J connectivity index is 0.00000306. The Morgan fingerprint density at radius 1 is 0.970 bits per heavy atom. The fraction of sp³-hybridized carbons (Fsp3) is 0.308. The van der Waals surface area contributed by atoms with Gasteiger partial charge in [-0.15, -0.1) is 0 Å². The highest BCUT2D eigenvalue weighted by molar-refractivity contribution is 6.02. The molecule has 1 aliphatic rings. The zero-order valence-corrected chi connectivity index (χ0v) is 17.9. The molecule has 0 aliphatic carbocycles. The number of ether oxygens (including phenoxy) is 2. The highest BCUT2D eigenvalue weighted by Gasteiger charge is 2.35. The first-order valence-corrected chi connectivity index (χ1v) is 10.6. The third-order valence-corrected chi connectivity index (χ3v) is 5.89. The van der Waals surface area contributed by atoms with Gasteiger partial charge in [0.25, 0.3) is 11.8 Å². The number of hydrogen-bond acceptors (Lipinski definition) is 5. The second kappa shape index (κ2) is 10.8. The van der Waals surface area contributed by atoms with Crippen LogP contribution in [0.25, 0.3) is 0 Å². The Morgan fingerprint density at radius 3 is 2.27 bits per heavy atom. The van der Waals surface area contributed by atoms with Crippen molar-refractivity contribution in [1.82, 2.24) is 5.32 Å². The van der Waals surface area contributed by atoms with E-state index in [1.165, 1.54) is 6.26 Å². The molecule has 2 heterocycles. The fourth-order valence-electron chi connectivity index (χ4n) is 3.93. The molecule has 0 radical (unpaired) electrons. The number of carbonyl (C=O) groups excluding carboxylic acids is 2. The number of furan rings is 1. The summed E-state index contributed by atoms with van der Waals surface area (Å²) in [5, 5.41) is 5.83. The standard InChI is InChI=1S/C25H26N2O5.CH4/c1-30-21-10-6-19(7-11-21)25(12-15-31-16-13-25)17-26-23(28)18-4-8-20(9-5-18)27-24(29)22-3-2-14-32-22;/h2-11,14H,12-13,15-17H2,1H3,(H,26,28)(H,27,29);1H4. The van der Waals surface area contributed by atoms with Gasteiger partial charge in [-0.3, -0.25) is 9.59 Å². The average molecular weight is 451 g/mol. The maximum atomic E-state index is 12.8. The predicted octanol–water partition coefficient (Wildman–Crippen LogP) is 4.65. The number of nitrogens with one attached hydrogen (secondary N) is 2. The van der Waals surface area contributed by atoms with Crippen LogP contribution in [0.1, 0.15) is 46.7 Å². The van der Waals surface area contributed by atoms with E-state index in [9.17, 15) is 9.59 Å². The second-order valence-corrected chi connectivity index (χ2v) is 7.81. The van der Waals surface area contributed by atoms with E-state index in [2.05, 4.69) is 22.8 Å². The molecule has 2 N–H and O–H groups in total. The van der Waals surface area contributed by atoms with Gasteiger partial charge in [-0.25, -0.2) is 0 Å². The van der Waals surface area contributed by atoms with Gasteiger partial charge in [0.1, 0.15) is 5.75 Å². The molecule has 0 saturated carbocycles. The summed E-state index contributed by atoms with van der Waals surface area (Å²) >= 11 is 0. The van der Waals surface area contributed by atoms with Crippen LogP contribution in [-0.4, -0.2) is 38.7 Å². The smallest absolute Gasteiger partial charge is 0.291 e. The maximum absolute atomic E-state index is 12.8. The number of benzene rings is 2. The minimum atomic E-state index is -0.340. The van der Waals surface area contributed by atoms with Crippen molar-refractivity contribution in [3.05, 3.63) is 83.8 Å². The van der Waals surface area contributed by atoms with Crippen molar-refractivity contribution in [3.63, 3.8) is 0 Å². The van der Waals surface area contributed by atoms with Crippen molar-refractivity contribution in [2.24, 2.45) is 0 Å². The first-order chi connectivity index (χ1) is 15.6. The molecule has 2 amide bonds. The van der Waals surface area contributed by atoms with E-state index in [1.54, 1.807) is 43.5 Å². The normalized spacial score (nSPS) is 14.6. The third-order valence-electron chi connectivity index (χ3n) is 5.89. The van der Waals surface area contributed by atoms with E-state index in [4.69, 9.17) is 13.9 Å². The van der Waals surface area contributed by atoms with E-state index >= 15 is 0 Å². The van der Waals surface area contributed by atoms with Gasteiger partial charge in [0.15, 0.2) is 5.76 Å². The summed E-state index contributed by atoms with van der Waals surface area (Å²) in [5.41, 5.74) is 2.09. The van der Waals surface area contributed by atoms with E-state index < -0.39 is 0 Å². The van der Waals surface area contributed by atoms with Crippen molar-refractivity contribution < 1.29 is 23.5 Å². The summed E-state index contributed by atoms with van der Waals surface area (Å²) in [5.74, 6) is 0.535. The molecule has 0 atom stereocenters. The van der Waals surface area contributed by atoms with Gasteiger partial charge in [-0.05, 0) is 66.9 Å². The number of amides is 2. The lowest BCUT2D eigenvalue weighted by Crippen LogP contribution is -2.44. The quantitative estimate of drug-likeness (QED) is 0.547. The molecule has 3 aromatic rings. The van der Waals surface area contributed by atoms with Crippen LogP contribution in [0.5, 0.6) is 5.75 Å². The lowest BCUT2D eigenvalue weighted by atomic mass is 9.74. The molecule has 0 bridgehead atoms. The molecule has 174 valence electrons. The van der Waals surface area contributed by atoms with Crippen molar-refractivity contribution >= 4 is 17.5 Å². The molecule has 7 heteroatoms. The molecule has 2 aromatic carbocycles. The molecular weight excluding hydrogens is 420 g/mol. The van der Waals surface area contributed by atoms with Gasteiger partial charge >= 0.3 is 0 Å². The van der Waals surface area contributed by atoms with E-state index in [1.807, 2.05) is 12.1 Å². The van der Waals surface area contributed by atoms with E-state index in [0.29, 0.717) is 31.0 Å². The molecule has 0 unspecified atom stereocenters. The summed E-state index contributed by atoms with van der Waals surface area (Å²) in [6, 6.07) is 18.0. The summed E-state index contributed by atoms with van der Waals surface area (Å²) in [6.45, 7) is 1.83. The Bertz CT molecular complexity index is 1040. The van der Waals surface area contributed by atoms with Gasteiger partial charge in [0, 0.05) is 36.4 Å². The summed E-state index contributed by atoms with van der Waals surface area (Å²) in [7, 11) is 1.65. The van der Waals surface area contributed by atoms with Gasteiger partial charge in [0.05, 0.1) is 13.4 Å². The van der Waals surface area contributed by atoms with Gasteiger partial charge in [0.2, 0.25) is 0 Å². The van der Waals surface area contributed by atoms with Crippen LogP contribution in [0.4, 0.5) is 5.69 Å². The number of anilines is 1. The van der Waals surface area contributed by atoms with Crippen molar-refractivity contribution in [2.45, 2.75) is 25.7 Å². The third kappa shape index (κ3) is 5.62. The summed E-state index contributed by atoms with van der Waals surface area (Å²) in [4.78, 5) is 24.9. The topological polar surface area (TPSA) is 89.8 Å². The molecule has 4 rings (SSSR count). The lowest BCUT2D eigenvalue weighted by molar-refractivity contribution is 0.0487. The molecule has 1 saturated heterocycles. The number of rotatable bonds is 7. The van der Waals surface area contributed by atoms with Crippen LogP contribution in [0.3, 0.4) is 0 Å². The Morgan fingerprint density at radius 2 is 1.67 bits per heavy atom. The summed E-state index contributed by atoms with van der Waals surface area (Å²) < 4.78 is 15.9. The Kier molecular flexibility index (Phi) is 7.90. The van der Waals surface area contributed by atoms with Crippen molar-refractivity contribution in [1.29, 1.82) is 0 Å². The largest absolute Gasteiger partial charge is 0.497 e. The first kappa shape index (κ1) is 24.1. The van der Waals surface area contributed by atoms with Gasteiger partial charge < -0.3 is 24.5 Å². The highest BCUT2D eigenvalue weighted by atomic mass is 16.5. The lowest BCUT2D eigenvalue weighted by Gasteiger charge is -2.38. The molecule has 0 spiro atoms. The van der Waals surface area contributed by atoms with E-state index in [-0.39, 0.29) is 30.4 Å². The van der Waals surface area contributed by atoms with Crippen LogP contribution in [0, 0.1) is 0 Å². The van der Waals surface area contributed by atoms with Crippen LogP contribution in [0.15, 0.2) is 71.3 Å². The zero-order valence-electron chi connectivity index (χ0n) is 17.9. The minimum Gasteiger partial charge on any atom is -0.497 e. The van der Waals surface area contributed by atoms with Crippen molar-refractivity contribution in [2.75, 3.05) is 32.2 Å². The average Bonchev–Trinajstić information content (AvgIpc) is 3.39. The highest BCUT2D eigenvalue weighted by Crippen LogP contribution is 2.35. The van der Waals surface area contributed by atoms with Crippen molar-refractivity contribution in [3.8, 4) is 5.75 Å². The molecule has 1 aromatic heterocycles. The molecule has 1 aliphatic heterocycles. The first-order valence-electron chi connectivity index (χ1n) is 10.6. The number of methoxy groups -OCH3 is 1. The number of carbonyl (C=O) groups is 2. The molecule has 33 heavy (non-hydrogen) atoms. The zero-order chi connectivity index (χ0) is 22.4. The monoisotopic (exact) mass is 450 g/mol. The van der Waals surface area contributed by atoms with Gasteiger partial charge in [-0.1, -0.05) is 19.6 Å². The summed E-state index contributed by atoms with van der Waals surface area (Å²) in [6.07, 6.45) is 3.11. The maximum Gasteiger partial charge on any atom is 0.291 e. The van der Waals surface area contributed by atoms with Crippen LogP contribution < -0.4 is 15.4 Å². The van der Waals surface area contributed by atoms with Crippen LogP contribution >= 0.6 is 0 Å². The van der Waals surface area contributed by atoms with Gasteiger partial charge in [-0.2, -0.15) is 0 Å². The van der Waals surface area contributed by atoms with Crippen LogP contribution in [0.2, 0.25) is 0 Å². The molecular formula is C26H30N2O5. The second-order valence-electron chi connectivity index (χ2n) is 7.81. The Hall–Kier alpha value is -3.58. The SMILES string of the molecule is C.COc1ccc(C2(CNC(=O)c3ccc(NC(=O)c4ccco4)cc3)CCOCC2)cc1. The minimum absolute atomic E-state index is 0. The Labute approximate surface area is 194 Å². The fourth-order valence-corrected chi connectivity index (χ4v) is 3.93. The molecule has 1 fully saturated rings. The molecule has 7 nitrogen and oxygen atoms in total.